The monoisotopic (exact) mass is 450 g/mol. The Bertz CT molecular complexity index is 1460. The number of oxime groups is 1. The van der Waals surface area contributed by atoms with Crippen LogP contribution in [0.4, 0.5) is 0 Å². The molecule has 0 saturated carbocycles. The summed E-state index contributed by atoms with van der Waals surface area (Å²) >= 11 is 0. The number of carbonyl (C=O) groups excluding carboxylic acids is 1. The van der Waals surface area contributed by atoms with Crippen LogP contribution in [0.1, 0.15) is 32.2 Å². The average molecular weight is 451 g/mol. The molecule has 4 rings (SSSR count). The molecule has 0 bridgehead atoms. The summed E-state index contributed by atoms with van der Waals surface area (Å²) in [6.45, 7) is 6.92. The van der Waals surface area contributed by atoms with Gasteiger partial charge in [0.25, 0.3) is 5.89 Å². The number of aromatic nitrogens is 1. The second-order valence-electron chi connectivity index (χ2n) is 8.51. The van der Waals surface area contributed by atoms with Crippen molar-refractivity contribution in [2.24, 2.45) is 10.6 Å². The number of carbonyl (C=O) groups is 1. The fourth-order valence-electron chi connectivity index (χ4n) is 3.12. The van der Waals surface area contributed by atoms with Crippen LogP contribution in [-0.2, 0) is 19.2 Å². The van der Waals surface area contributed by atoms with Crippen LogP contribution in [0.5, 0.6) is 0 Å². The molecule has 0 fully saturated rings. The van der Waals surface area contributed by atoms with Gasteiger partial charge in [-0.1, -0.05) is 74.0 Å². The summed E-state index contributed by atoms with van der Waals surface area (Å²) in [5.74, 6) is -0.567. The number of oxazole rings is 1. The van der Waals surface area contributed by atoms with Crippen LogP contribution < -0.4 is 0 Å². The molecule has 0 N–H and O–H groups in total. The van der Waals surface area contributed by atoms with Crippen molar-refractivity contribution in [2.45, 2.75) is 32.6 Å². The number of hydrogen-bond donors (Lipinski definition) is 0. The maximum atomic E-state index is 13.1. The molecule has 0 aliphatic heterocycles. The Kier molecular flexibility index (Phi) is 5.34. The van der Waals surface area contributed by atoms with E-state index in [9.17, 15) is 13.2 Å². The highest BCUT2D eigenvalue weighted by Crippen LogP contribution is 2.28. The predicted molar refractivity (Wildman–Crippen MR) is 122 cm³/mol. The van der Waals surface area contributed by atoms with Crippen LogP contribution >= 0.6 is 0 Å². The Morgan fingerprint density at radius 3 is 2.38 bits per heavy atom. The van der Waals surface area contributed by atoms with E-state index >= 15 is 0 Å². The molecule has 3 aromatic carbocycles. The van der Waals surface area contributed by atoms with Gasteiger partial charge >= 0.3 is 10.1 Å². The topological polar surface area (TPSA) is 98.8 Å². The lowest BCUT2D eigenvalue weighted by Crippen LogP contribution is -2.30. The van der Waals surface area contributed by atoms with Gasteiger partial charge in [-0.2, -0.15) is 8.42 Å². The van der Waals surface area contributed by atoms with Gasteiger partial charge < -0.3 is 4.42 Å². The molecule has 7 nitrogen and oxygen atoms in total. The zero-order chi connectivity index (χ0) is 23.1. The minimum Gasteiger partial charge on any atom is -0.434 e. The summed E-state index contributed by atoms with van der Waals surface area (Å²) in [6.07, 6.45) is 0. The first-order valence-electron chi connectivity index (χ1n) is 9.98. The van der Waals surface area contributed by atoms with Gasteiger partial charge in [0.2, 0.25) is 5.71 Å². The largest absolute Gasteiger partial charge is 0.434 e. The first-order chi connectivity index (χ1) is 15.1. The van der Waals surface area contributed by atoms with Crippen molar-refractivity contribution >= 4 is 43.5 Å². The third kappa shape index (κ3) is 4.13. The summed E-state index contributed by atoms with van der Waals surface area (Å²) < 4.78 is 36.0. The summed E-state index contributed by atoms with van der Waals surface area (Å²) in [5, 5.41) is 5.49. The van der Waals surface area contributed by atoms with Gasteiger partial charge in [0.15, 0.2) is 11.4 Å². The molecule has 0 spiro atoms. The second kappa shape index (κ2) is 7.87. The molecule has 1 aromatic heterocycles. The Hall–Kier alpha value is -3.52. The van der Waals surface area contributed by atoms with Gasteiger partial charge in [0.1, 0.15) is 10.4 Å². The highest BCUT2D eigenvalue weighted by molar-refractivity contribution is 7.86. The van der Waals surface area contributed by atoms with E-state index in [1.807, 2.05) is 37.3 Å². The molecule has 0 radical (unpaired) electrons. The number of ketones is 1. The van der Waals surface area contributed by atoms with Gasteiger partial charge in [0.05, 0.1) is 0 Å². The van der Waals surface area contributed by atoms with E-state index in [0.717, 1.165) is 16.3 Å². The van der Waals surface area contributed by atoms with E-state index in [4.69, 9.17) is 8.70 Å². The standard InChI is InChI=1S/C24H22N2O5S/c1-15-9-12-17(13-10-15)32(28,29)31-26-20(22(27)24(2,3)4)23-25-19-14-11-16-7-5-6-8-18(16)21(19)30-23/h5-14H,1-4H3. The molecular weight excluding hydrogens is 428 g/mol. The summed E-state index contributed by atoms with van der Waals surface area (Å²) in [5.41, 5.74) is 0.727. The lowest BCUT2D eigenvalue weighted by Gasteiger charge is -2.15. The van der Waals surface area contributed by atoms with Crippen LogP contribution in [0.2, 0.25) is 0 Å². The van der Waals surface area contributed by atoms with Crippen LogP contribution in [0.3, 0.4) is 0 Å². The summed E-state index contributed by atoms with van der Waals surface area (Å²) in [7, 11) is -4.23. The quantitative estimate of drug-likeness (QED) is 0.313. The Labute approximate surface area is 185 Å². The molecule has 32 heavy (non-hydrogen) atoms. The Balaban J connectivity index is 1.82. The number of aryl methyl sites for hydroxylation is 1. The number of benzene rings is 3. The number of Topliss-reactive ketones (excluding diaryl/α,β-unsaturated/α-hetero) is 1. The first kappa shape index (κ1) is 21.7. The third-order valence-electron chi connectivity index (χ3n) is 4.91. The van der Waals surface area contributed by atoms with Gasteiger partial charge in [-0.3, -0.25) is 9.08 Å². The van der Waals surface area contributed by atoms with Gasteiger partial charge in [0, 0.05) is 10.8 Å². The van der Waals surface area contributed by atoms with Crippen molar-refractivity contribution in [3.05, 3.63) is 72.1 Å². The maximum Gasteiger partial charge on any atom is 0.358 e. The lowest BCUT2D eigenvalue weighted by atomic mass is 9.88. The van der Waals surface area contributed by atoms with Crippen LogP contribution in [0.15, 0.2) is 75.1 Å². The van der Waals surface area contributed by atoms with Gasteiger partial charge in [-0.15, -0.1) is 0 Å². The summed E-state index contributed by atoms with van der Waals surface area (Å²) in [4.78, 5) is 17.4. The van der Waals surface area contributed by atoms with E-state index in [2.05, 4.69) is 10.1 Å². The number of nitrogens with zero attached hydrogens (tertiary/aromatic N) is 2. The van der Waals surface area contributed by atoms with Crippen molar-refractivity contribution in [3.8, 4) is 0 Å². The normalized spacial score (nSPS) is 12.9. The molecule has 8 heteroatoms. The van der Waals surface area contributed by atoms with Crippen molar-refractivity contribution in [2.75, 3.05) is 0 Å². The Morgan fingerprint density at radius 2 is 1.69 bits per heavy atom. The molecule has 1 heterocycles. The highest BCUT2D eigenvalue weighted by Gasteiger charge is 2.32. The SMILES string of the molecule is Cc1ccc(S(=O)(=O)ON=C(C(=O)C(C)(C)C)c2nc3ccc4ccccc4c3o2)cc1. The smallest absolute Gasteiger partial charge is 0.358 e. The van der Waals surface area contributed by atoms with Crippen molar-refractivity contribution in [1.29, 1.82) is 0 Å². The minimum absolute atomic E-state index is 0.0713. The van der Waals surface area contributed by atoms with Crippen LogP contribution in [0.25, 0.3) is 21.9 Å². The van der Waals surface area contributed by atoms with Crippen LogP contribution in [-0.4, -0.2) is 24.9 Å². The predicted octanol–water partition coefficient (Wildman–Crippen LogP) is 5.01. The van der Waals surface area contributed by atoms with E-state index in [-0.39, 0.29) is 16.5 Å². The first-order valence-corrected chi connectivity index (χ1v) is 11.4. The molecule has 0 aliphatic carbocycles. The molecule has 0 aliphatic rings. The molecular formula is C24H22N2O5S. The second-order valence-corrected chi connectivity index (χ2v) is 10.0. The van der Waals surface area contributed by atoms with Gasteiger partial charge in [-0.05, 0) is 30.5 Å². The third-order valence-corrected chi connectivity index (χ3v) is 6.04. The van der Waals surface area contributed by atoms with Crippen molar-refractivity contribution < 1.29 is 21.9 Å². The average Bonchev–Trinajstić information content (AvgIpc) is 3.18. The van der Waals surface area contributed by atoms with E-state index < -0.39 is 21.3 Å². The molecule has 4 aromatic rings. The molecule has 0 amide bonds. The maximum absolute atomic E-state index is 13.1. The minimum atomic E-state index is -4.23. The molecule has 164 valence electrons. The van der Waals surface area contributed by atoms with Crippen molar-refractivity contribution in [3.63, 3.8) is 0 Å². The fourth-order valence-corrected chi connectivity index (χ4v) is 3.85. The van der Waals surface area contributed by atoms with Crippen molar-refractivity contribution in [1.82, 2.24) is 4.98 Å². The van der Waals surface area contributed by atoms with Gasteiger partial charge in [-0.25, -0.2) is 4.98 Å². The van der Waals surface area contributed by atoms with E-state index in [1.54, 1.807) is 39.0 Å². The number of rotatable bonds is 5. The fraction of sp³-hybridized carbons (Fsp3) is 0.208. The number of fused-ring (bicyclic) bond motifs is 3. The molecule has 0 saturated heterocycles. The van der Waals surface area contributed by atoms with E-state index in [1.165, 1.54) is 12.1 Å². The van der Waals surface area contributed by atoms with Crippen LogP contribution in [0, 0.1) is 12.3 Å². The highest BCUT2D eigenvalue weighted by atomic mass is 32.2. The zero-order valence-electron chi connectivity index (χ0n) is 18.1. The molecule has 0 atom stereocenters. The molecule has 0 unspecified atom stereocenters. The zero-order valence-corrected chi connectivity index (χ0v) is 18.9. The Morgan fingerprint density at radius 1 is 1.00 bits per heavy atom. The lowest BCUT2D eigenvalue weighted by molar-refractivity contribution is -0.119. The number of hydrogen-bond acceptors (Lipinski definition) is 7. The van der Waals surface area contributed by atoms with E-state index in [0.29, 0.717) is 11.1 Å². The summed E-state index contributed by atoms with van der Waals surface area (Å²) in [6, 6.07) is 17.4.